The summed E-state index contributed by atoms with van der Waals surface area (Å²) in [5, 5.41) is 12.3. The average molecular weight is 1160 g/mol. The number of para-hydroxylation sites is 1. The Kier molecular flexibility index (Phi) is 19.0. The van der Waals surface area contributed by atoms with Crippen LogP contribution in [0.2, 0.25) is 0 Å². The number of thiazole rings is 2. The number of hydrogen-bond donors (Lipinski definition) is 1. The summed E-state index contributed by atoms with van der Waals surface area (Å²) in [6, 6.07) is 40.1. The van der Waals surface area contributed by atoms with Gasteiger partial charge in [0.1, 0.15) is 43.7 Å². The number of anilines is 2. The van der Waals surface area contributed by atoms with Gasteiger partial charge >= 0.3 is 23.4 Å². The minimum absolute atomic E-state index is 0.0142. The fourth-order valence-corrected chi connectivity index (χ4v) is 11.5. The SMILES string of the molecule is CCN(CC)c1ccc2c(-c3ccccc3)c(-c3nc4ccc(S(=O)(=O)Cl)cc4s3)c(=O)oc2c1.CCN(CC)c1ccc2c(-c3ccccc3C(=O)O)c(-c3nc4ccccc4s3)c(=O)oc2c1.O=C=O.O=S([O-])OCl. The van der Waals surface area contributed by atoms with E-state index < -0.39 is 37.6 Å². The highest BCUT2D eigenvalue weighted by molar-refractivity contribution is 8.13. The molecule has 0 aliphatic heterocycles. The molecule has 0 spiro atoms. The van der Waals surface area contributed by atoms with Crippen molar-refractivity contribution in [2.75, 3.05) is 36.0 Å². The van der Waals surface area contributed by atoms with Crippen LogP contribution in [0.1, 0.15) is 38.1 Å². The molecular weight excluding hydrogens is 1110 g/mol. The summed E-state index contributed by atoms with van der Waals surface area (Å²) in [7, 11) is 1.64. The van der Waals surface area contributed by atoms with Crippen LogP contribution in [0.25, 0.3) is 85.8 Å². The van der Waals surface area contributed by atoms with Crippen molar-refractivity contribution in [2.45, 2.75) is 32.6 Å². The molecule has 6 aromatic carbocycles. The van der Waals surface area contributed by atoms with Crippen LogP contribution in [0.5, 0.6) is 0 Å². The minimum Gasteiger partial charge on any atom is -0.749 e. The molecule has 0 aliphatic rings. The fraction of sp³-hybridized carbons (Fsp3) is 0.148. The fourth-order valence-electron chi connectivity index (χ4n) is 8.55. The lowest BCUT2D eigenvalue weighted by Gasteiger charge is -2.21. The van der Waals surface area contributed by atoms with E-state index in [0.717, 1.165) is 64.3 Å². The van der Waals surface area contributed by atoms with Crippen molar-refractivity contribution in [3.05, 3.63) is 160 Å². The van der Waals surface area contributed by atoms with Crippen LogP contribution in [0.3, 0.4) is 0 Å². The molecule has 0 aliphatic carbocycles. The predicted octanol–water partition coefficient (Wildman–Crippen LogP) is 12.2. The van der Waals surface area contributed by atoms with E-state index in [9.17, 15) is 27.9 Å². The van der Waals surface area contributed by atoms with E-state index in [-0.39, 0.29) is 22.2 Å². The molecule has 0 amide bonds. The quantitative estimate of drug-likeness (QED) is 0.0640. The van der Waals surface area contributed by atoms with Crippen LogP contribution >= 0.6 is 45.2 Å². The molecule has 10 rings (SSSR count). The summed E-state index contributed by atoms with van der Waals surface area (Å²) in [5.74, 6) is -1.06. The number of carboxylic acid groups (broad SMARTS) is 1. The molecule has 17 nitrogen and oxygen atoms in total. The first-order valence-corrected chi connectivity index (χ1v) is 28.4. The minimum atomic E-state index is -3.89. The average Bonchev–Trinajstić information content (AvgIpc) is 4.06. The zero-order chi connectivity index (χ0) is 55.6. The Morgan fingerprint density at radius 2 is 1.14 bits per heavy atom. The van der Waals surface area contributed by atoms with E-state index in [2.05, 4.69) is 63.1 Å². The molecule has 77 heavy (non-hydrogen) atoms. The number of rotatable bonds is 13. The number of carboxylic acids is 1. The second kappa shape index (κ2) is 25.6. The molecule has 0 radical (unpaired) electrons. The summed E-state index contributed by atoms with van der Waals surface area (Å²) in [5.41, 5.74) is 6.43. The molecule has 0 saturated carbocycles. The molecule has 1 atom stereocenters. The van der Waals surface area contributed by atoms with Crippen LogP contribution < -0.4 is 21.1 Å². The third-order valence-electron chi connectivity index (χ3n) is 11.9. The Balaban J connectivity index is 0.000000197. The number of halogens is 2. The van der Waals surface area contributed by atoms with E-state index >= 15 is 0 Å². The maximum absolute atomic E-state index is 13.4. The summed E-state index contributed by atoms with van der Waals surface area (Å²) in [6.07, 6.45) is 0.250. The number of aromatic nitrogens is 2. The summed E-state index contributed by atoms with van der Waals surface area (Å²) < 4.78 is 58.0. The molecule has 0 fully saturated rings. The standard InChI is InChI=1S/C27H22N2O4S.C26H21ClN2O4S2.CO2.ClHO3S/c1-3-29(4-2)16-13-14-19-21(15-16)33-27(32)24(25-28-20-11-7-8-12-22(20)34-25)23(19)17-9-5-6-10-18(17)26(30)31;1-3-29(4-2)17-10-12-19-21(14-17)33-26(30)24(23(19)16-8-6-5-7-9-16)25-28-20-13-11-18(35(27,31)32)15-22(20)34-25;2-1-3;1-4-5(2)3/h5-15H,3-4H2,1-2H3,(H,30,31);5-15H,3-4H2,1-2H3;;(H,2,3)/p-1. The molecule has 0 bridgehead atoms. The maximum Gasteiger partial charge on any atom is 0.373 e. The lowest BCUT2D eigenvalue weighted by atomic mass is 9.93. The number of nitrogens with zero attached hydrogens (tertiary/aromatic N) is 4. The molecule has 4 heterocycles. The summed E-state index contributed by atoms with van der Waals surface area (Å²) in [4.78, 5) is 68.9. The molecular formula is C54H43Cl2N4O13S4-. The van der Waals surface area contributed by atoms with Crippen molar-refractivity contribution in [1.82, 2.24) is 9.97 Å². The Hall–Kier alpha value is -7.43. The third-order valence-corrected chi connectivity index (χ3v) is 15.8. The molecule has 4 aromatic heterocycles. The molecule has 396 valence electrons. The van der Waals surface area contributed by atoms with Gasteiger partial charge in [0.2, 0.25) is 0 Å². The lowest BCUT2D eigenvalue weighted by Crippen LogP contribution is -2.21. The molecule has 0 saturated heterocycles. The first kappa shape index (κ1) is 57.3. The van der Waals surface area contributed by atoms with Gasteiger partial charge in [0, 0.05) is 82.3 Å². The van der Waals surface area contributed by atoms with E-state index in [1.807, 2.05) is 91.0 Å². The monoisotopic (exact) mass is 1150 g/mol. The van der Waals surface area contributed by atoms with Crippen LogP contribution in [-0.4, -0.2) is 70.6 Å². The van der Waals surface area contributed by atoms with Crippen molar-refractivity contribution >= 4 is 132 Å². The zero-order valence-electron chi connectivity index (χ0n) is 41.1. The smallest absolute Gasteiger partial charge is 0.373 e. The van der Waals surface area contributed by atoms with Gasteiger partial charge in [-0.15, -0.1) is 22.7 Å². The van der Waals surface area contributed by atoms with Crippen LogP contribution in [0.15, 0.2) is 157 Å². The maximum atomic E-state index is 13.4. The zero-order valence-corrected chi connectivity index (χ0v) is 45.8. The van der Waals surface area contributed by atoms with Gasteiger partial charge in [0.05, 0.1) is 42.8 Å². The van der Waals surface area contributed by atoms with E-state index in [4.69, 9.17) is 37.9 Å². The van der Waals surface area contributed by atoms with E-state index in [0.29, 0.717) is 53.5 Å². The van der Waals surface area contributed by atoms with E-state index in [1.165, 1.54) is 34.8 Å². The van der Waals surface area contributed by atoms with Gasteiger partial charge in [-0.05, 0) is 99.5 Å². The second-order valence-electron chi connectivity index (χ2n) is 16.1. The molecule has 1 N–H and O–H groups in total. The molecule has 10 aromatic rings. The topological polar surface area (TPSA) is 248 Å². The first-order chi connectivity index (χ1) is 37.0. The Morgan fingerprint density at radius 3 is 1.65 bits per heavy atom. The highest BCUT2D eigenvalue weighted by Gasteiger charge is 2.26. The normalized spacial score (nSPS) is 11.4. The highest BCUT2D eigenvalue weighted by atomic mass is 35.7. The van der Waals surface area contributed by atoms with Gasteiger partial charge < -0.3 is 28.3 Å². The largest absolute Gasteiger partial charge is 0.749 e. The van der Waals surface area contributed by atoms with Gasteiger partial charge in [-0.3, -0.25) is 0 Å². The number of carbonyl (C=O) groups is 1. The number of hydrogen-bond acceptors (Lipinski definition) is 18. The number of carbonyl (C=O) groups excluding carboxylic acids is 2. The van der Waals surface area contributed by atoms with Crippen molar-refractivity contribution in [2.24, 2.45) is 0 Å². The first-order valence-electron chi connectivity index (χ1n) is 23.2. The van der Waals surface area contributed by atoms with Gasteiger partial charge in [-0.1, -0.05) is 60.7 Å². The number of fused-ring (bicyclic) bond motifs is 4. The Bertz CT molecular complexity index is 4040. The van der Waals surface area contributed by atoms with Gasteiger partial charge in [0.25, 0.3) is 9.05 Å². The van der Waals surface area contributed by atoms with Crippen molar-refractivity contribution in [3.8, 4) is 43.4 Å². The van der Waals surface area contributed by atoms with Crippen LogP contribution in [-0.2, 0) is 33.7 Å². The summed E-state index contributed by atoms with van der Waals surface area (Å²) >= 11 is 4.28. The number of benzene rings is 6. The lowest BCUT2D eigenvalue weighted by molar-refractivity contribution is -0.191. The van der Waals surface area contributed by atoms with Crippen LogP contribution in [0, 0.1) is 0 Å². The predicted molar refractivity (Wildman–Crippen MR) is 301 cm³/mol. The van der Waals surface area contributed by atoms with Gasteiger partial charge in [-0.2, -0.15) is 13.3 Å². The Labute approximate surface area is 459 Å². The van der Waals surface area contributed by atoms with Gasteiger partial charge in [0.15, 0.2) is 0 Å². The molecule has 23 heteroatoms. The third kappa shape index (κ3) is 12.9. The summed E-state index contributed by atoms with van der Waals surface area (Å²) in [6.45, 7) is 11.6. The van der Waals surface area contributed by atoms with E-state index in [1.54, 1.807) is 30.3 Å². The second-order valence-corrected chi connectivity index (χ2v) is 21.7. The van der Waals surface area contributed by atoms with Crippen molar-refractivity contribution in [3.63, 3.8) is 0 Å². The van der Waals surface area contributed by atoms with Crippen molar-refractivity contribution < 1.29 is 49.2 Å². The van der Waals surface area contributed by atoms with Gasteiger partial charge in [-0.25, -0.2) is 37.0 Å². The Morgan fingerprint density at radius 1 is 0.675 bits per heavy atom. The van der Waals surface area contributed by atoms with Crippen molar-refractivity contribution in [1.29, 1.82) is 0 Å². The van der Waals surface area contributed by atoms with Crippen LogP contribution in [0.4, 0.5) is 11.4 Å². The number of aromatic carboxylic acids is 1. The molecule has 1 unspecified atom stereocenters. The highest BCUT2D eigenvalue weighted by Crippen LogP contribution is 2.42.